The molecule has 1 heterocycles. The summed E-state index contributed by atoms with van der Waals surface area (Å²) in [7, 11) is 0. The number of nitrogens with one attached hydrogen (secondary N) is 1. The van der Waals surface area contributed by atoms with Crippen LogP contribution in [0.2, 0.25) is 0 Å². The lowest BCUT2D eigenvalue weighted by Crippen LogP contribution is -2.48. The van der Waals surface area contributed by atoms with E-state index in [0.29, 0.717) is 6.04 Å². The molecule has 0 spiro atoms. The van der Waals surface area contributed by atoms with E-state index in [-0.39, 0.29) is 6.04 Å². The molecule has 0 aliphatic rings. The summed E-state index contributed by atoms with van der Waals surface area (Å²) in [6.07, 6.45) is 1.03. The van der Waals surface area contributed by atoms with Crippen LogP contribution in [0.3, 0.4) is 0 Å². The minimum Gasteiger partial charge on any atom is -0.389 e. The summed E-state index contributed by atoms with van der Waals surface area (Å²) in [6, 6.07) is 4.72. The fraction of sp³-hybridized carbons (Fsp3) is 0.667. The summed E-state index contributed by atoms with van der Waals surface area (Å²) in [4.78, 5) is 1.39. The third kappa shape index (κ3) is 4.33. The monoisotopic (exact) mass is 227 g/mol. The molecule has 0 amide bonds. The molecule has 2 atom stereocenters. The number of aliphatic hydroxyl groups is 1. The largest absolute Gasteiger partial charge is 0.389 e. The van der Waals surface area contributed by atoms with Gasteiger partial charge in [-0.2, -0.15) is 0 Å². The van der Waals surface area contributed by atoms with Crippen LogP contribution in [0.4, 0.5) is 0 Å². The van der Waals surface area contributed by atoms with Gasteiger partial charge < -0.3 is 10.4 Å². The maximum atomic E-state index is 9.80. The van der Waals surface area contributed by atoms with Crippen molar-refractivity contribution < 1.29 is 5.11 Å². The molecule has 2 nitrogen and oxygen atoms in total. The lowest BCUT2D eigenvalue weighted by molar-refractivity contribution is 0.0406. The lowest BCUT2D eigenvalue weighted by Gasteiger charge is -2.29. The van der Waals surface area contributed by atoms with Crippen molar-refractivity contribution in [1.29, 1.82) is 0 Å². The van der Waals surface area contributed by atoms with E-state index < -0.39 is 5.60 Å². The summed E-state index contributed by atoms with van der Waals surface area (Å²) in [5.41, 5.74) is -0.663. The molecule has 0 aliphatic carbocycles. The first-order chi connectivity index (χ1) is 6.89. The van der Waals surface area contributed by atoms with Crippen LogP contribution in [-0.2, 0) is 6.42 Å². The van der Waals surface area contributed by atoms with Crippen LogP contribution in [0.1, 0.15) is 32.6 Å². The van der Waals surface area contributed by atoms with E-state index >= 15 is 0 Å². The van der Waals surface area contributed by atoms with E-state index in [4.69, 9.17) is 0 Å². The van der Waals surface area contributed by atoms with Crippen LogP contribution in [0.5, 0.6) is 0 Å². The molecule has 0 radical (unpaired) electrons. The van der Waals surface area contributed by atoms with Crippen LogP contribution in [0.15, 0.2) is 17.5 Å². The van der Waals surface area contributed by atoms with Crippen molar-refractivity contribution in [2.24, 2.45) is 0 Å². The van der Waals surface area contributed by atoms with Gasteiger partial charge in [-0.3, -0.25) is 0 Å². The summed E-state index contributed by atoms with van der Waals surface area (Å²) in [5, 5.41) is 15.3. The summed E-state index contributed by atoms with van der Waals surface area (Å²) in [5.74, 6) is 0. The van der Waals surface area contributed by atoms with Gasteiger partial charge >= 0.3 is 0 Å². The second-order valence-corrected chi connectivity index (χ2v) is 5.76. The molecule has 0 saturated carbocycles. The molecule has 2 unspecified atom stereocenters. The van der Waals surface area contributed by atoms with Crippen molar-refractivity contribution in [1.82, 2.24) is 5.32 Å². The second-order valence-electron chi connectivity index (χ2n) is 4.73. The zero-order valence-electron chi connectivity index (χ0n) is 9.95. The first-order valence-electron chi connectivity index (χ1n) is 5.40. The van der Waals surface area contributed by atoms with E-state index in [9.17, 15) is 5.11 Å². The quantitative estimate of drug-likeness (QED) is 0.809. The van der Waals surface area contributed by atoms with Crippen molar-refractivity contribution in [2.45, 2.75) is 51.8 Å². The SMILES string of the molecule is CC(Cc1cccs1)NC(C)C(C)(C)O. The van der Waals surface area contributed by atoms with Crippen LogP contribution in [-0.4, -0.2) is 22.8 Å². The van der Waals surface area contributed by atoms with E-state index in [1.54, 1.807) is 11.3 Å². The molecule has 1 rings (SSSR count). The Morgan fingerprint density at radius 1 is 1.47 bits per heavy atom. The van der Waals surface area contributed by atoms with Crippen LogP contribution in [0, 0.1) is 0 Å². The van der Waals surface area contributed by atoms with Gasteiger partial charge in [0.1, 0.15) is 0 Å². The minimum absolute atomic E-state index is 0.104. The summed E-state index contributed by atoms with van der Waals surface area (Å²) < 4.78 is 0. The Kier molecular flexibility index (Phi) is 4.32. The molecule has 0 bridgehead atoms. The standard InChI is InChI=1S/C12H21NOS/c1-9(8-11-6-5-7-15-11)13-10(2)12(3,4)14/h5-7,9-10,13-14H,8H2,1-4H3. The van der Waals surface area contributed by atoms with Gasteiger partial charge in [0.25, 0.3) is 0 Å². The zero-order valence-corrected chi connectivity index (χ0v) is 10.8. The fourth-order valence-electron chi connectivity index (χ4n) is 1.42. The van der Waals surface area contributed by atoms with Gasteiger partial charge in [-0.15, -0.1) is 11.3 Å². The summed E-state index contributed by atoms with van der Waals surface area (Å²) >= 11 is 1.78. The maximum absolute atomic E-state index is 9.80. The molecule has 0 saturated heterocycles. The Hall–Kier alpha value is -0.380. The Bertz CT molecular complexity index is 276. The van der Waals surface area contributed by atoms with E-state index in [2.05, 4.69) is 29.8 Å². The highest BCUT2D eigenvalue weighted by molar-refractivity contribution is 7.09. The van der Waals surface area contributed by atoms with Crippen LogP contribution in [0.25, 0.3) is 0 Å². The van der Waals surface area contributed by atoms with Crippen LogP contribution >= 0.6 is 11.3 Å². The molecule has 1 aromatic heterocycles. The topological polar surface area (TPSA) is 32.3 Å². The number of rotatable bonds is 5. The van der Waals surface area contributed by atoms with Gasteiger partial charge in [-0.25, -0.2) is 0 Å². The molecule has 0 aromatic carbocycles. The number of thiophene rings is 1. The molecule has 15 heavy (non-hydrogen) atoms. The average molecular weight is 227 g/mol. The second kappa shape index (κ2) is 5.10. The third-order valence-electron chi connectivity index (χ3n) is 2.68. The number of hydrogen-bond acceptors (Lipinski definition) is 3. The molecule has 0 fully saturated rings. The van der Waals surface area contributed by atoms with Crippen molar-refractivity contribution in [3.05, 3.63) is 22.4 Å². The molecule has 0 aliphatic heterocycles. The molecule has 86 valence electrons. The Morgan fingerprint density at radius 2 is 2.13 bits per heavy atom. The van der Waals surface area contributed by atoms with Crippen molar-refractivity contribution in [3.63, 3.8) is 0 Å². The van der Waals surface area contributed by atoms with Gasteiger partial charge in [0, 0.05) is 17.0 Å². The Morgan fingerprint density at radius 3 is 2.60 bits per heavy atom. The Balaban J connectivity index is 2.39. The van der Waals surface area contributed by atoms with Crippen LogP contribution < -0.4 is 5.32 Å². The predicted molar refractivity (Wildman–Crippen MR) is 66.4 cm³/mol. The van der Waals surface area contributed by atoms with E-state index in [1.807, 2.05) is 20.8 Å². The average Bonchev–Trinajstić information content (AvgIpc) is 2.54. The highest BCUT2D eigenvalue weighted by atomic mass is 32.1. The Labute approximate surface area is 96.3 Å². The molecular formula is C12H21NOS. The normalized spacial score (nSPS) is 16.3. The van der Waals surface area contributed by atoms with Gasteiger partial charge in [0.2, 0.25) is 0 Å². The first-order valence-corrected chi connectivity index (χ1v) is 6.28. The van der Waals surface area contributed by atoms with Crippen molar-refractivity contribution >= 4 is 11.3 Å². The highest BCUT2D eigenvalue weighted by Crippen LogP contribution is 2.13. The summed E-state index contributed by atoms with van der Waals surface area (Å²) in [6.45, 7) is 7.85. The minimum atomic E-state index is -0.663. The van der Waals surface area contributed by atoms with Gasteiger partial charge in [-0.1, -0.05) is 6.07 Å². The third-order valence-corrected chi connectivity index (χ3v) is 3.58. The lowest BCUT2D eigenvalue weighted by atomic mass is 9.99. The van der Waals surface area contributed by atoms with E-state index in [0.717, 1.165) is 6.42 Å². The number of hydrogen-bond donors (Lipinski definition) is 2. The molecule has 3 heteroatoms. The predicted octanol–water partition coefficient (Wildman–Crippen LogP) is 2.43. The van der Waals surface area contributed by atoms with Gasteiger partial charge in [-0.05, 0) is 45.6 Å². The maximum Gasteiger partial charge on any atom is 0.0741 e. The molecular weight excluding hydrogens is 206 g/mol. The zero-order chi connectivity index (χ0) is 11.5. The first kappa shape index (κ1) is 12.7. The molecule has 1 aromatic rings. The fourth-order valence-corrected chi connectivity index (χ4v) is 2.26. The molecule has 2 N–H and O–H groups in total. The highest BCUT2D eigenvalue weighted by Gasteiger charge is 2.23. The van der Waals surface area contributed by atoms with Crippen molar-refractivity contribution in [3.8, 4) is 0 Å². The van der Waals surface area contributed by atoms with Crippen molar-refractivity contribution in [2.75, 3.05) is 0 Å². The van der Waals surface area contributed by atoms with E-state index in [1.165, 1.54) is 4.88 Å². The van der Waals surface area contributed by atoms with Gasteiger partial charge in [0.15, 0.2) is 0 Å². The van der Waals surface area contributed by atoms with Gasteiger partial charge in [0.05, 0.1) is 5.60 Å². The smallest absolute Gasteiger partial charge is 0.0741 e.